The van der Waals surface area contributed by atoms with Crippen molar-refractivity contribution in [3.8, 4) is 0 Å². The van der Waals surface area contributed by atoms with Gasteiger partial charge in [0.2, 0.25) is 0 Å². The summed E-state index contributed by atoms with van der Waals surface area (Å²) in [5.41, 5.74) is 5.49. The van der Waals surface area contributed by atoms with E-state index in [1.54, 1.807) is 0 Å². The first-order valence-corrected chi connectivity index (χ1v) is 8.05. The zero-order valence-electron chi connectivity index (χ0n) is 13.7. The van der Waals surface area contributed by atoms with Crippen LogP contribution >= 0.6 is 0 Å². The number of carbonyl (C=O) groups is 1. The number of amides is 1. The Balaban J connectivity index is 1.66. The van der Waals surface area contributed by atoms with Crippen LogP contribution in [0.25, 0.3) is 5.65 Å². The standard InChI is InChI=1S/C19H19N3O2/c1-12-9-13(2)22-8-7-16(18(22)20-12)19(23)21-17-11-24-10-14-5-3-4-6-15(14)17/h3-9,17H,10-11H2,1-2H3,(H,21,23). The third kappa shape index (κ3) is 2.47. The number of benzene rings is 1. The lowest BCUT2D eigenvalue weighted by atomic mass is 9.99. The van der Waals surface area contributed by atoms with Crippen LogP contribution in [0.2, 0.25) is 0 Å². The first kappa shape index (κ1) is 14.9. The fourth-order valence-electron chi connectivity index (χ4n) is 3.31. The smallest absolute Gasteiger partial charge is 0.255 e. The van der Waals surface area contributed by atoms with Crippen LogP contribution in [-0.4, -0.2) is 21.9 Å². The number of ether oxygens (including phenoxy) is 1. The number of nitrogens with one attached hydrogen (secondary N) is 1. The molecule has 2 aromatic heterocycles. The molecule has 1 aromatic carbocycles. The zero-order chi connectivity index (χ0) is 16.7. The van der Waals surface area contributed by atoms with Crippen molar-refractivity contribution in [1.82, 2.24) is 14.7 Å². The van der Waals surface area contributed by atoms with E-state index in [9.17, 15) is 4.79 Å². The van der Waals surface area contributed by atoms with E-state index in [0.717, 1.165) is 22.5 Å². The van der Waals surface area contributed by atoms with Crippen molar-refractivity contribution < 1.29 is 9.53 Å². The van der Waals surface area contributed by atoms with Gasteiger partial charge in [-0.05, 0) is 37.1 Å². The van der Waals surface area contributed by atoms with Crippen molar-refractivity contribution in [3.05, 3.63) is 70.7 Å². The van der Waals surface area contributed by atoms with Gasteiger partial charge in [0.15, 0.2) is 0 Å². The van der Waals surface area contributed by atoms with Crippen molar-refractivity contribution >= 4 is 11.6 Å². The van der Waals surface area contributed by atoms with Crippen LogP contribution in [0.1, 0.15) is 38.9 Å². The molecule has 1 N–H and O–H groups in total. The monoisotopic (exact) mass is 321 g/mol. The van der Waals surface area contributed by atoms with Gasteiger partial charge in [0.05, 0.1) is 24.8 Å². The summed E-state index contributed by atoms with van der Waals surface area (Å²) < 4.78 is 7.55. The number of hydrogen-bond acceptors (Lipinski definition) is 3. The van der Waals surface area contributed by atoms with Gasteiger partial charge in [0.25, 0.3) is 5.91 Å². The first-order valence-electron chi connectivity index (χ1n) is 8.05. The van der Waals surface area contributed by atoms with E-state index < -0.39 is 0 Å². The second kappa shape index (κ2) is 5.76. The number of fused-ring (bicyclic) bond motifs is 2. The van der Waals surface area contributed by atoms with E-state index in [1.807, 2.05) is 60.8 Å². The minimum atomic E-state index is -0.136. The summed E-state index contributed by atoms with van der Waals surface area (Å²) in [6.45, 7) is 5.03. The van der Waals surface area contributed by atoms with Crippen LogP contribution in [0.5, 0.6) is 0 Å². The molecule has 1 atom stereocenters. The molecule has 0 saturated carbocycles. The van der Waals surface area contributed by atoms with E-state index in [0.29, 0.717) is 24.4 Å². The molecule has 1 aliphatic rings. The first-order chi connectivity index (χ1) is 11.6. The molecule has 5 heteroatoms. The number of aromatic nitrogens is 2. The van der Waals surface area contributed by atoms with Crippen molar-refractivity contribution in [2.75, 3.05) is 6.61 Å². The van der Waals surface area contributed by atoms with Crippen molar-refractivity contribution in [1.29, 1.82) is 0 Å². The second-order valence-electron chi connectivity index (χ2n) is 6.20. The van der Waals surface area contributed by atoms with Gasteiger partial charge in [-0.15, -0.1) is 0 Å². The minimum absolute atomic E-state index is 0.125. The molecule has 122 valence electrons. The summed E-state index contributed by atoms with van der Waals surface area (Å²) >= 11 is 0. The van der Waals surface area contributed by atoms with Gasteiger partial charge in [0, 0.05) is 17.6 Å². The average Bonchev–Trinajstić information content (AvgIpc) is 2.99. The summed E-state index contributed by atoms with van der Waals surface area (Å²) in [6.07, 6.45) is 1.89. The molecular weight excluding hydrogens is 302 g/mol. The Hall–Kier alpha value is -2.66. The quantitative estimate of drug-likeness (QED) is 0.789. The van der Waals surface area contributed by atoms with E-state index >= 15 is 0 Å². The Kier molecular flexibility index (Phi) is 3.58. The maximum absolute atomic E-state index is 12.8. The molecule has 0 saturated heterocycles. The third-order valence-corrected chi connectivity index (χ3v) is 4.46. The number of aryl methyl sites for hydroxylation is 2. The lowest BCUT2D eigenvalue weighted by Crippen LogP contribution is -2.34. The van der Waals surface area contributed by atoms with E-state index in [1.165, 1.54) is 0 Å². The Bertz CT molecular complexity index is 930. The molecule has 5 nitrogen and oxygen atoms in total. The van der Waals surface area contributed by atoms with Crippen molar-refractivity contribution in [2.45, 2.75) is 26.5 Å². The minimum Gasteiger partial charge on any atom is -0.374 e. The van der Waals surface area contributed by atoms with Crippen molar-refractivity contribution in [2.24, 2.45) is 0 Å². The van der Waals surface area contributed by atoms with Crippen LogP contribution in [0.4, 0.5) is 0 Å². The van der Waals surface area contributed by atoms with Crippen LogP contribution in [0.15, 0.2) is 42.6 Å². The molecule has 0 bridgehead atoms. The van der Waals surface area contributed by atoms with E-state index in [2.05, 4.69) is 10.3 Å². The van der Waals surface area contributed by atoms with Gasteiger partial charge in [-0.2, -0.15) is 0 Å². The molecule has 24 heavy (non-hydrogen) atoms. The topological polar surface area (TPSA) is 55.6 Å². The van der Waals surface area contributed by atoms with Gasteiger partial charge < -0.3 is 14.5 Å². The molecular formula is C19H19N3O2. The van der Waals surface area contributed by atoms with Gasteiger partial charge in [-0.25, -0.2) is 4.98 Å². The van der Waals surface area contributed by atoms with Gasteiger partial charge in [-0.1, -0.05) is 24.3 Å². The third-order valence-electron chi connectivity index (χ3n) is 4.46. The predicted molar refractivity (Wildman–Crippen MR) is 91.0 cm³/mol. The number of carbonyl (C=O) groups excluding carboxylic acids is 1. The summed E-state index contributed by atoms with van der Waals surface area (Å²) in [5, 5.41) is 3.09. The highest BCUT2D eigenvalue weighted by molar-refractivity contribution is 6.00. The molecule has 4 rings (SSSR count). The molecule has 0 spiro atoms. The van der Waals surface area contributed by atoms with Crippen LogP contribution in [-0.2, 0) is 11.3 Å². The molecule has 3 heterocycles. The second-order valence-corrected chi connectivity index (χ2v) is 6.20. The Morgan fingerprint density at radius 3 is 3.00 bits per heavy atom. The van der Waals surface area contributed by atoms with Crippen molar-refractivity contribution in [3.63, 3.8) is 0 Å². The molecule has 0 fully saturated rings. The maximum Gasteiger partial charge on any atom is 0.255 e. The largest absolute Gasteiger partial charge is 0.374 e. The van der Waals surface area contributed by atoms with Crippen LogP contribution in [0.3, 0.4) is 0 Å². The molecule has 1 unspecified atom stereocenters. The van der Waals surface area contributed by atoms with Gasteiger partial charge >= 0.3 is 0 Å². The van der Waals surface area contributed by atoms with Crippen LogP contribution < -0.4 is 5.32 Å². The Morgan fingerprint density at radius 1 is 1.29 bits per heavy atom. The maximum atomic E-state index is 12.8. The summed E-state index contributed by atoms with van der Waals surface area (Å²) in [5.74, 6) is -0.125. The van der Waals surface area contributed by atoms with E-state index in [4.69, 9.17) is 4.74 Å². The highest BCUT2D eigenvalue weighted by Crippen LogP contribution is 2.25. The fraction of sp³-hybridized carbons (Fsp3) is 0.263. The molecule has 3 aromatic rings. The Morgan fingerprint density at radius 2 is 2.12 bits per heavy atom. The molecule has 0 aliphatic carbocycles. The molecule has 1 amide bonds. The normalized spacial score (nSPS) is 16.8. The predicted octanol–water partition coefficient (Wildman–Crippen LogP) is 2.95. The highest BCUT2D eigenvalue weighted by atomic mass is 16.5. The summed E-state index contributed by atoms with van der Waals surface area (Å²) in [4.78, 5) is 17.3. The van der Waals surface area contributed by atoms with Gasteiger partial charge in [-0.3, -0.25) is 4.79 Å². The average molecular weight is 321 g/mol. The number of hydrogen-bond donors (Lipinski definition) is 1. The molecule has 1 aliphatic heterocycles. The fourth-order valence-corrected chi connectivity index (χ4v) is 3.31. The number of rotatable bonds is 2. The number of nitrogens with zero attached hydrogens (tertiary/aromatic N) is 2. The summed E-state index contributed by atoms with van der Waals surface area (Å²) in [7, 11) is 0. The van der Waals surface area contributed by atoms with E-state index in [-0.39, 0.29) is 11.9 Å². The lowest BCUT2D eigenvalue weighted by Gasteiger charge is -2.26. The van der Waals surface area contributed by atoms with Gasteiger partial charge in [0.1, 0.15) is 5.65 Å². The molecule has 0 radical (unpaired) electrons. The summed E-state index contributed by atoms with van der Waals surface area (Å²) in [6, 6.07) is 11.8. The SMILES string of the molecule is Cc1cc(C)n2ccc(C(=O)NC3COCc4ccccc43)c2n1. The highest BCUT2D eigenvalue weighted by Gasteiger charge is 2.24. The Labute approximate surface area is 140 Å². The van der Waals surface area contributed by atoms with Crippen LogP contribution in [0, 0.1) is 13.8 Å². The zero-order valence-corrected chi connectivity index (χ0v) is 13.7. The lowest BCUT2D eigenvalue weighted by molar-refractivity contribution is 0.0709.